The van der Waals surface area contributed by atoms with E-state index in [-0.39, 0.29) is 54.6 Å². The largest absolute Gasteiger partial charge is 0.380 e. The van der Waals surface area contributed by atoms with E-state index in [1.807, 2.05) is 17.0 Å². The minimum absolute atomic E-state index is 0. The number of halogens is 3. The van der Waals surface area contributed by atoms with Crippen molar-refractivity contribution in [3.05, 3.63) is 35.6 Å². The average molecular weight is 422 g/mol. The van der Waals surface area contributed by atoms with Gasteiger partial charge in [-0.05, 0) is 37.0 Å². The van der Waals surface area contributed by atoms with Gasteiger partial charge in [0.25, 0.3) is 0 Å². The summed E-state index contributed by atoms with van der Waals surface area (Å²) in [6.07, 6.45) is 2.52. The number of carbonyl (C=O) groups is 1. The fraction of sp³-hybridized carbons (Fsp3) is 0.632. The van der Waals surface area contributed by atoms with Gasteiger partial charge in [-0.1, -0.05) is 12.1 Å². The molecule has 1 saturated carbocycles. The quantitative estimate of drug-likeness (QED) is 0.810. The highest BCUT2D eigenvalue weighted by Crippen LogP contribution is 2.27. The molecular formula is C19H30Cl2FN3O2. The van der Waals surface area contributed by atoms with E-state index >= 15 is 0 Å². The first-order valence-electron chi connectivity index (χ1n) is 9.11. The predicted molar refractivity (Wildman–Crippen MR) is 109 cm³/mol. The first-order chi connectivity index (χ1) is 12.1. The van der Waals surface area contributed by atoms with Crippen LogP contribution >= 0.6 is 24.8 Å². The van der Waals surface area contributed by atoms with Crippen molar-refractivity contribution >= 4 is 30.7 Å². The van der Waals surface area contributed by atoms with E-state index < -0.39 is 0 Å². The first kappa shape index (κ1) is 24.1. The van der Waals surface area contributed by atoms with Gasteiger partial charge in [0.15, 0.2) is 0 Å². The monoisotopic (exact) mass is 421 g/mol. The zero-order chi connectivity index (χ0) is 17.8. The highest BCUT2D eigenvalue weighted by Gasteiger charge is 2.34. The van der Waals surface area contributed by atoms with Crippen molar-refractivity contribution < 1.29 is 13.9 Å². The maximum absolute atomic E-state index is 13.0. The number of amides is 1. The fourth-order valence-corrected chi connectivity index (χ4v) is 3.93. The molecule has 3 atom stereocenters. The summed E-state index contributed by atoms with van der Waals surface area (Å²) in [5.41, 5.74) is 7.24. The van der Waals surface area contributed by atoms with Gasteiger partial charge in [-0.3, -0.25) is 9.69 Å². The normalized spacial score (nSPS) is 26.0. The van der Waals surface area contributed by atoms with Crippen molar-refractivity contribution in [3.8, 4) is 0 Å². The van der Waals surface area contributed by atoms with Crippen LogP contribution in [-0.2, 0) is 16.1 Å². The molecule has 0 spiro atoms. The Hall–Kier alpha value is -0.920. The summed E-state index contributed by atoms with van der Waals surface area (Å²) in [5.74, 6) is 0.0667. The molecule has 1 aromatic rings. The molecule has 0 bridgehead atoms. The summed E-state index contributed by atoms with van der Waals surface area (Å²) >= 11 is 0. The Morgan fingerprint density at radius 1 is 1.15 bits per heavy atom. The van der Waals surface area contributed by atoms with Gasteiger partial charge in [-0.15, -0.1) is 24.8 Å². The van der Waals surface area contributed by atoms with Crippen LogP contribution in [0.1, 0.15) is 24.8 Å². The lowest BCUT2D eigenvalue weighted by Crippen LogP contribution is -2.52. The first-order valence-corrected chi connectivity index (χ1v) is 9.11. The molecule has 3 rings (SSSR count). The summed E-state index contributed by atoms with van der Waals surface area (Å²) in [7, 11) is 1.69. The Balaban J connectivity index is 0.00000182. The average Bonchev–Trinajstić information content (AvgIpc) is 2.63. The highest BCUT2D eigenvalue weighted by molar-refractivity contribution is 5.85. The number of nitrogens with zero attached hydrogens (tertiary/aromatic N) is 2. The zero-order valence-electron chi connectivity index (χ0n) is 15.7. The van der Waals surface area contributed by atoms with Crippen molar-refractivity contribution in [1.29, 1.82) is 0 Å². The number of carbonyl (C=O) groups excluding carboxylic acids is 1. The molecule has 0 unspecified atom stereocenters. The molecule has 1 aliphatic carbocycles. The zero-order valence-corrected chi connectivity index (χ0v) is 17.3. The lowest BCUT2D eigenvalue weighted by Gasteiger charge is -2.39. The molecule has 1 aliphatic heterocycles. The molecule has 1 aromatic carbocycles. The summed E-state index contributed by atoms with van der Waals surface area (Å²) in [5, 5.41) is 0. The molecule has 2 fully saturated rings. The van der Waals surface area contributed by atoms with Crippen LogP contribution in [0.25, 0.3) is 0 Å². The number of hydrogen-bond acceptors (Lipinski definition) is 4. The van der Waals surface area contributed by atoms with Crippen LogP contribution in [0.4, 0.5) is 4.39 Å². The topological polar surface area (TPSA) is 58.8 Å². The standard InChI is InChI=1S/C19H28FN3O2.2ClH/c1-25-18-7-4-15(12-17(18)21)19(24)23-10-8-22(9-11-23)13-14-2-5-16(20)6-3-14;;/h2-3,5-6,15,17-18H,4,7-13,21H2,1H3;2*1H/t15-,17+,18+;;/m0../s1. The second-order valence-corrected chi connectivity index (χ2v) is 7.18. The molecule has 2 N–H and O–H groups in total. The molecule has 2 aliphatic rings. The number of benzene rings is 1. The third-order valence-electron chi connectivity index (χ3n) is 5.49. The Bertz CT molecular complexity index is 583. The third-order valence-corrected chi connectivity index (χ3v) is 5.49. The summed E-state index contributed by atoms with van der Waals surface area (Å²) in [6, 6.07) is 6.58. The van der Waals surface area contributed by atoms with E-state index in [2.05, 4.69) is 4.90 Å². The SMILES string of the molecule is CO[C@@H]1CC[C@H](C(=O)N2CCN(Cc3ccc(F)cc3)CC2)C[C@H]1N.Cl.Cl. The highest BCUT2D eigenvalue weighted by atomic mass is 35.5. The molecule has 5 nitrogen and oxygen atoms in total. The number of ether oxygens (including phenoxy) is 1. The van der Waals surface area contributed by atoms with Gasteiger partial charge >= 0.3 is 0 Å². The molecule has 0 aromatic heterocycles. The predicted octanol–water partition coefficient (Wildman–Crippen LogP) is 2.46. The molecular weight excluding hydrogens is 392 g/mol. The molecule has 1 heterocycles. The smallest absolute Gasteiger partial charge is 0.225 e. The van der Waals surface area contributed by atoms with Gasteiger partial charge in [-0.2, -0.15) is 0 Å². The van der Waals surface area contributed by atoms with Crippen molar-refractivity contribution in [1.82, 2.24) is 9.80 Å². The van der Waals surface area contributed by atoms with Crippen molar-refractivity contribution in [2.75, 3.05) is 33.3 Å². The molecule has 0 radical (unpaired) electrons. The Morgan fingerprint density at radius 2 is 1.78 bits per heavy atom. The van der Waals surface area contributed by atoms with E-state index in [4.69, 9.17) is 10.5 Å². The van der Waals surface area contributed by atoms with E-state index in [0.29, 0.717) is 6.42 Å². The van der Waals surface area contributed by atoms with Gasteiger partial charge in [0.05, 0.1) is 6.10 Å². The molecule has 8 heteroatoms. The number of methoxy groups -OCH3 is 1. The van der Waals surface area contributed by atoms with Gasteiger partial charge < -0.3 is 15.4 Å². The fourth-order valence-electron chi connectivity index (χ4n) is 3.93. The van der Waals surface area contributed by atoms with Crippen LogP contribution in [0.2, 0.25) is 0 Å². The van der Waals surface area contributed by atoms with Crippen molar-refractivity contribution in [2.24, 2.45) is 11.7 Å². The van der Waals surface area contributed by atoms with Gasteiger partial charge in [0, 0.05) is 51.8 Å². The van der Waals surface area contributed by atoms with Gasteiger partial charge in [0.1, 0.15) is 5.82 Å². The van der Waals surface area contributed by atoms with Crippen LogP contribution in [0, 0.1) is 11.7 Å². The van der Waals surface area contributed by atoms with Crippen LogP contribution in [0.15, 0.2) is 24.3 Å². The Kier molecular flexibility index (Phi) is 9.98. The van der Waals surface area contributed by atoms with Gasteiger partial charge in [0.2, 0.25) is 5.91 Å². The molecule has 27 heavy (non-hydrogen) atoms. The Labute approximate surface area is 173 Å². The minimum atomic E-state index is -0.208. The van der Waals surface area contributed by atoms with E-state index in [9.17, 15) is 9.18 Å². The summed E-state index contributed by atoms with van der Waals surface area (Å²) < 4.78 is 18.4. The number of piperazine rings is 1. The Morgan fingerprint density at radius 3 is 2.33 bits per heavy atom. The second kappa shape index (κ2) is 11.2. The molecule has 154 valence electrons. The van der Waals surface area contributed by atoms with Crippen LogP contribution in [-0.4, -0.2) is 61.1 Å². The lowest BCUT2D eigenvalue weighted by atomic mass is 9.83. The van der Waals surface area contributed by atoms with Crippen molar-refractivity contribution in [2.45, 2.75) is 38.0 Å². The molecule has 1 amide bonds. The lowest BCUT2D eigenvalue weighted by molar-refractivity contribution is -0.139. The van der Waals surface area contributed by atoms with Crippen LogP contribution < -0.4 is 5.73 Å². The maximum atomic E-state index is 13.0. The third kappa shape index (κ3) is 6.29. The minimum Gasteiger partial charge on any atom is -0.380 e. The summed E-state index contributed by atoms with van der Waals surface area (Å²) in [6.45, 7) is 4.00. The van der Waals surface area contributed by atoms with Crippen LogP contribution in [0.3, 0.4) is 0 Å². The van der Waals surface area contributed by atoms with E-state index in [1.165, 1.54) is 12.1 Å². The van der Waals surface area contributed by atoms with E-state index in [0.717, 1.165) is 51.1 Å². The molecule has 1 saturated heterocycles. The second-order valence-electron chi connectivity index (χ2n) is 7.18. The maximum Gasteiger partial charge on any atom is 0.225 e. The van der Waals surface area contributed by atoms with E-state index in [1.54, 1.807) is 7.11 Å². The van der Waals surface area contributed by atoms with Gasteiger partial charge in [-0.25, -0.2) is 4.39 Å². The number of hydrogen-bond donors (Lipinski definition) is 1. The summed E-state index contributed by atoms with van der Waals surface area (Å²) in [4.78, 5) is 17.1. The number of nitrogens with two attached hydrogens (primary N) is 1. The van der Waals surface area contributed by atoms with Crippen molar-refractivity contribution in [3.63, 3.8) is 0 Å². The number of rotatable bonds is 4. The van der Waals surface area contributed by atoms with Crippen LogP contribution in [0.5, 0.6) is 0 Å².